The highest BCUT2D eigenvalue weighted by molar-refractivity contribution is 5.80. The van der Waals surface area contributed by atoms with Gasteiger partial charge in [0.05, 0.1) is 20.0 Å². The first kappa shape index (κ1) is 21.3. The minimum Gasteiger partial charge on any atom is -0.496 e. The number of amides is 2. The molecule has 1 saturated carbocycles. The van der Waals surface area contributed by atoms with Crippen molar-refractivity contribution in [1.82, 2.24) is 20.2 Å². The largest absolute Gasteiger partial charge is 0.496 e. The van der Waals surface area contributed by atoms with Crippen LogP contribution in [0.4, 0.5) is 0 Å². The molecule has 2 aromatic rings. The third kappa shape index (κ3) is 5.03. The summed E-state index contributed by atoms with van der Waals surface area (Å²) in [6.07, 6.45) is 3.64. The van der Waals surface area contributed by atoms with Crippen molar-refractivity contribution in [2.45, 2.75) is 57.9 Å². The Hall–Kier alpha value is -2.96. The summed E-state index contributed by atoms with van der Waals surface area (Å²) in [7, 11) is 1.62. The molecule has 7 nitrogen and oxygen atoms in total. The number of para-hydroxylation sites is 1. The molecule has 4 rings (SSSR count). The maximum Gasteiger partial charge on any atom is 0.227 e. The highest BCUT2D eigenvalue weighted by atomic mass is 16.5. The fraction of sp³-hybridized carbons (Fsp3) is 0.500. The number of aromatic nitrogens is 2. The van der Waals surface area contributed by atoms with Gasteiger partial charge in [0.15, 0.2) is 0 Å². The van der Waals surface area contributed by atoms with Gasteiger partial charge in [-0.3, -0.25) is 9.59 Å². The van der Waals surface area contributed by atoms with E-state index in [1.807, 2.05) is 43.0 Å². The number of rotatable bonds is 7. The molecule has 0 unspecified atom stereocenters. The number of nitrogens with one attached hydrogen (secondary N) is 1. The lowest BCUT2D eigenvalue weighted by Crippen LogP contribution is -2.30. The topological polar surface area (TPSA) is 84.4 Å². The van der Waals surface area contributed by atoms with E-state index in [1.165, 1.54) is 0 Å². The summed E-state index contributed by atoms with van der Waals surface area (Å²) >= 11 is 0. The zero-order chi connectivity index (χ0) is 22.0. The number of hydrogen-bond acceptors (Lipinski definition) is 5. The van der Waals surface area contributed by atoms with Crippen LogP contribution in [0.15, 0.2) is 24.3 Å². The van der Waals surface area contributed by atoms with E-state index in [-0.39, 0.29) is 17.7 Å². The molecule has 31 heavy (non-hydrogen) atoms. The number of carbonyl (C=O) groups is 2. The van der Waals surface area contributed by atoms with Crippen molar-refractivity contribution in [1.29, 1.82) is 0 Å². The van der Waals surface area contributed by atoms with E-state index in [2.05, 4.69) is 5.32 Å². The molecular formula is C24H30N4O3. The Kier molecular flexibility index (Phi) is 6.20. The summed E-state index contributed by atoms with van der Waals surface area (Å²) in [6, 6.07) is 7.98. The Bertz CT molecular complexity index is 964. The molecule has 1 atom stereocenters. The zero-order valence-electron chi connectivity index (χ0n) is 18.5. The average molecular weight is 423 g/mol. The van der Waals surface area contributed by atoms with Gasteiger partial charge >= 0.3 is 0 Å². The lowest BCUT2D eigenvalue weighted by atomic mass is 10.0. The molecule has 2 amide bonds. The van der Waals surface area contributed by atoms with Gasteiger partial charge in [0.2, 0.25) is 11.8 Å². The van der Waals surface area contributed by atoms with Gasteiger partial charge in [0.1, 0.15) is 11.6 Å². The van der Waals surface area contributed by atoms with Gasteiger partial charge in [-0.1, -0.05) is 18.2 Å². The molecule has 0 radical (unpaired) electrons. The number of nitrogens with zero attached hydrogens (tertiary/aromatic N) is 3. The minimum atomic E-state index is 0.0408. The first-order valence-corrected chi connectivity index (χ1v) is 11.0. The number of ether oxygens (including phenoxy) is 1. The summed E-state index contributed by atoms with van der Waals surface area (Å²) in [6.45, 7) is 5.20. The summed E-state index contributed by atoms with van der Waals surface area (Å²) < 4.78 is 5.37. The van der Waals surface area contributed by atoms with Gasteiger partial charge in [0, 0.05) is 47.6 Å². The third-order valence-corrected chi connectivity index (χ3v) is 6.16. The molecule has 164 valence electrons. The second-order valence-electron chi connectivity index (χ2n) is 8.56. The first-order valence-electron chi connectivity index (χ1n) is 11.0. The van der Waals surface area contributed by atoms with Crippen LogP contribution in [0.25, 0.3) is 0 Å². The van der Waals surface area contributed by atoms with Crippen LogP contribution in [0, 0.1) is 13.8 Å². The summed E-state index contributed by atoms with van der Waals surface area (Å²) in [4.78, 5) is 36.4. The van der Waals surface area contributed by atoms with Crippen LogP contribution in [0.1, 0.15) is 53.5 Å². The second-order valence-corrected chi connectivity index (χ2v) is 8.56. The van der Waals surface area contributed by atoms with E-state index in [0.717, 1.165) is 53.4 Å². The number of hydrogen-bond donors (Lipinski definition) is 1. The number of methoxy groups -OCH3 is 1. The van der Waals surface area contributed by atoms with Crippen LogP contribution in [0.3, 0.4) is 0 Å². The molecule has 1 N–H and O–H groups in total. The third-order valence-electron chi connectivity index (χ3n) is 6.16. The highest BCUT2D eigenvalue weighted by Gasteiger charge is 2.30. The van der Waals surface area contributed by atoms with Crippen LogP contribution >= 0.6 is 0 Å². The second kappa shape index (κ2) is 9.04. The molecule has 2 heterocycles. The van der Waals surface area contributed by atoms with E-state index in [4.69, 9.17) is 14.7 Å². The molecular weight excluding hydrogens is 392 g/mol. The van der Waals surface area contributed by atoms with Gasteiger partial charge in [-0.2, -0.15) is 0 Å². The van der Waals surface area contributed by atoms with Crippen LogP contribution in [0.5, 0.6) is 5.75 Å². The Balaban J connectivity index is 1.40. The molecule has 0 bridgehead atoms. The van der Waals surface area contributed by atoms with Crippen molar-refractivity contribution in [3.8, 4) is 5.75 Å². The maximum absolute atomic E-state index is 12.8. The Morgan fingerprint density at radius 1 is 1.10 bits per heavy atom. The van der Waals surface area contributed by atoms with E-state index >= 15 is 0 Å². The van der Waals surface area contributed by atoms with Crippen LogP contribution in [-0.4, -0.2) is 52.9 Å². The molecule has 7 heteroatoms. The Labute approximate surface area is 183 Å². The lowest BCUT2D eigenvalue weighted by molar-refractivity contribution is -0.129. The average Bonchev–Trinajstić information content (AvgIpc) is 3.41. The van der Waals surface area contributed by atoms with Crippen LogP contribution < -0.4 is 10.1 Å². The fourth-order valence-corrected chi connectivity index (χ4v) is 4.19. The van der Waals surface area contributed by atoms with Crippen LogP contribution in [-0.2, 0) is 22.4 Å². The monoisotopic (exact) mass is 422 g/mol. The Morgan fingerprint density at radius 3 is 2.48 bits per heavy atom. The molecule has 1 saturated heterocycles. The lowest BCUT2D eigenvalue weighted by Gasteiger charge is -2.18. The number of carbonyl (C=O) groups excluding carboxylic acids is 2. The SMILES string of the molecule is COc1ccccc1CC(=O)N1CC[C@@H](c2nc(C)c(CC(=O)NC3CC3)c(C)n2)C1. The molecule has 2 fully saturated rings. The van der Waals surface area contributed by atoms with Gasteiger partial charge in [-0.05, 0) is 39.2 Å². The predicted octanol–water partition coefficient (Wildman–Crippen LogP) is 2.48. The quantitative estimate of drug-likeness (QED) is 0.741. The van der Waals surface area contributed by atoms with Gasteiger partial charge in [-0.15, -0.1) is 0 Å². The fourth-order valence-electron chi connectivity index (χ4n) is 4.19. The summed E-state index contributed by atoms with van der Waals surface area (Å²) in [5, 5.41) is 3.03. The maximum atomic E-state index is 12.8. The van der Waals surface area contributed by atoms with Gasteiger partial charge in [-0.25, -0.2) is 9.97 Å². The number of likely N-dealkylation sites (tertiary alicyclic amines) is 1. The first-order chi connectivity index (χ1) is 14.9. The smallest absolute Gasteiger partial charge is 0.227 e. The molecule has 2 aliphatic rings. The van der Waals surface area contributed by atoms with Crippen LogP contribution in [0.2, 0.25) is 0 Å². The summed E-state index contributed by atoms with van der Waals surface area (Å²) in [5.74, 6) is 1.76. The van der Waals surface area contributed by atoms with Crippen molar-refractivity contribution in [2.24, 2.45) is 0 Å². The van der Waals surface area contributed by atoms with Crippen molar-refractivity contribution in [3.05, 3.63) is 52.6 Å². The predicted molar refractivity (Wildman–Crippen MR) is 117 cm³/mol. The van der Waals surface area contributed by atoms with Crippen molar-refractivity contribution in [3.63, 3.8) is 0 Å². The summed E-state index contributed by atoms with van der Waals surface area (Å²) in [5.41, 5.74) is 3.51. The zero-order valence-corrected chi connectivity index (χ0v) is 18.5. The van der Waals surface area contributed by atoms with Crippen molar-refractivity contribution in [2.75, 3.05) is 20.2 Å². The minimum absolute atomic E-state index is 0.0408. The molecule has 1 aliphatic carbocycles. The normalized spacial score (nSPS) is 18.2. The van der Waals surface area contributed by atoms with E-state index < -0.39 is 0 Å². The molecule has 1 aromatic heterocycles. The van der Waals surface area contributed by atoms with E-state index in [0.29, 0.717) is 32.0 Å². The van der Waals surface area contributed by atoms with Gasteiger partial charge < -0.3 is 15.0 Å². The molecule has 1 aliphatic heterocycles. The number of benzene rings is 1. The number of aryl methyl sites for hydroxylation is 2. The molecule has 1 aromatic carbocycles. The van der Waals surface area contributed by atoms with E-state index in [9.17, 15) is 9.59 Å². The van der Waals surface area contributed by atoms with Gasteiger partial charge in [0.25, 0.3) is 0 Å². The van der Waals surface area contributed by atoms with Crippen molar-refractivity contribution >= 4 is 11.8 Å². The highest BCUT2D eigenvalue weighted by Crippen LogP contribution is 2.28. The van der Waals surface area contributed by atoms with E-state index in [1.54, 1.807) is 7.11 Å². The Morgan fingerprint density at radius 2 is 1.81 bits per heavy atom. The molecule has 0 spiro atoms. The van der Waals surface area contributed by atoms with Crippen molar-refractivity contribution < 1.29 is 14.3 Å². The standard InChI is InChI=1S/C24H30N4O3/c1-15-20(13-22(29)27-19-8-9-19)16(2)26-24(25-15)18-10-11-28(14-18)23(30)12-17-6-4-5-7-21(17)31-3/h4-7,18-19H,8-14H2,1-3H3,(H,27,29)/t18-/m1/s1.